The van der Waals surface area contributed by atoms with Crippen molar-refractivity contribution in [3.8, 4) is 17.2 Å². The number of imide groups is 1. The number of carboxylic acids is 1. The number of ether oxygens (including phenoxy) is 2. The third kappa shape index (κ3) is 5.52. The number of unbranched alkanes of at least 4 members (excludes halogenated alkanes) is 2. The maximum absolute atomic E-state index is 15.3. The van der Waals surface area contributed by atoms with Gasteiger partial charge in [0.2, 0.25) is 11.8 Å². The highest BCUT2D eigenvalue weighted by molar-refractivity contribution is 6.31. The summed E-state index contributed by atoms with van der Waals surface area (Å²) in [6.07, 6.45) is 5.35. The van der Waals surface area contributed by atoms with Gasteiger partial charge >= 0.3 is 5.97 Å². The molecule has 2 N–H and O–H groups in total. The Morgan fingerprint density at radius 1 is 0.865 bits per heavy atom. The molecule has 0 unspecified atom stereocenters. The van der Waals surface area contributed by atoms with E-state index in [-0.39, 0.29) is 66.4 Å². The number of carbonyl (C=O) groups is 5. The number of ketones is 2. The Balaban J connectivity index is 1.43. The van der Waals surface area contributed by atoms with Crippen molar-refractivity contribution in [2.24, 2.45) is 23.7 Å². The lowest BCUT2D eigenvalue weighted by atomic mass is 9.44. The molecule has 0 radical (unpaired) electrons. The van der Waals surface area contributed by atoms with Crippen molar-refractivity contribution in [3.63, 3.8) is 0 Å². The fourth-order valence-corrected chi connectivity index (χ4v) is 9.41. The van der Waals surface area contributed by atoms with E-state index < -0.39 is 41.0 Å². The van der Waals surface area contributed by atoms with Gasteiger partial charge in [0.25, 0.3) is 0 Å². The molecule has 3 aliphatic carbocycles. The minimum absolute atomic E-state index is 0.0186. The zero-order chi connectivity index (χ0) is 36.7. The molecular weight excluding hydrogens is 662 g/mol. The number of amides is 2. The predicted octanol–water partition coefficient (Wildman–Crippen LogP) is 5.88. The molecule has 52 heavy (non-hydrogen) atoms. The van der Waals surface area contributed by atoms with Crippen molar-refractivity contribution in [3.05, 3.63) is 107 Å². The maximum Gasteiger partial charge on any atom is 0.303 e. The number of carbonyl (C=O) groups excluding carboxylic acids is 4. The SMILES string of the molecule is COc1cc(O)cc(OC)c1[C@H]1C2=CC[C@@H]3C(=O)N(CCCCCC(=O)O)C(=O)[C@@H]3[C@@H]2C[C@H]2C(=O)C(c3ccccc3)=CC(=O)[C@@]12c1ccccc1. The Labute approximate surface area is 301 Å². The number of methoxy groups -OCH3 is 2. The summed E-state index contributed by atoms with van der Waals surface area (Å²) in [5.74, 6) is -5.35. The van der Waals surface area contributed by atoms with Crippen molar-refractivity contribution in [2.45, 2.75) is 49.9 Å². The van der Waals surface area contributed by atoms with E-state index >= 15 is 9.59 Å². The quantitative estimate of drug-likeness (QED) is 0.142. The summed E-state index contributed by atoms with van der Waals surface area (Å²) < 4.78 is 11.8. The number of phenolic OH excluding ortho intramolecular Hbond substituents is 1. The van der Waals surface area contributed by atoms with Gasteiger partial charge in [-0.25, -0.2) is 0 Å². The molecule has 2 fully saturated rings. The second-order valence-electron chi connectivity index (χ2n) is 14.1. The van der Waals surface area contributed by atoms with Crippen LogP contribution in [0, 0.1) is 23.7 Å². The van der Waals surface area contributed by atoms with Crippen molar-refractivity contribution in [1.29, 1.82) is 0 Å². The van der Waals surface area contributed by atoms with Crippen LogP contribution < -0.4 is 9.47 Å². The first-order chi connectivity index (χ1) is 25.1. The molecule has 6 atom stereocenters. The molecule has 268 valence electrons. The number of rotatable bonds is 11. The number of aliphatic carboxylic acids is 1. The Bertz CT molecular complexity index is 1980. The molecule has 10 heteroatoms. The van der Waals surface area contributed by atoms with Gasteiger partial charge in [-0.1, -0.05) is 78.7 Å². The van der Waals surface area contributed by atoms with E-state index in [9.17, 15) is 19.5 Å². The first-order valence-electron chi connectivity index (χ1n) is 17.8. The number of benzene rings is 3. The summed E-state index contributed by atoms with van der Waals surface area (Å²) in [5.41, 5.74) is 1.27. The standard InChI is InChI=1S/C42H41NO9/c1-51-32-20-26(44)21-33(52-2)37(32)38-27-17-18-28-36(41(50)43(40(28)49)19-11-5-10-16-35(46)47)30(27)22-31-39(48)29(24-12-6-3-7-13-24)23-34(45)42(31,38)25-14-8-4-9-15-25/h3-4,6-9,12-15,17,20-21,23,28,30-31,36,38,44H,5,10-11,16,18-19,22H2,1-2H3,(H,46,47)/t28-,30+,31-,36-,38+,42-/m0/s1. The van der Waals surface area contributed by atoms with E-state index in [1.165, 1.54) is 37.3 Å². The number of allylic oxidation sites excluding steroid dienone is 4. The van der Waals surface area contributed by atoms with Crippen LogP contribution >= 0.6 is 0 Å². The summed E-state index contributed by atoms with van der Waals surface area (Å²) in [4.78, 5) is 71.0. The van der Waals surface area contributed by atoms with E-state index in [1.54, 1.807) is 12.1 Å². The van der Waals surface area contributed by atoms with Gasteiger partial charge in [0.1, 0.15) is 17.2 Å². The van der Waals surface area contributed by atoms with Crippen LogP contribution in [-0.4, -0.2) is 65.2 Å². The molecule has 0 spiro atoms. The van der Waals surface area contributed by atoms with Gasteiger partial charge < -0.3 is 19.7 Å². The Hall–Kier alpha value is -5.51. The van der Waals surface area contributed by atoms with E-state index in [1.807, 2.05) is 54.6 Å². The lowest BCUT2D eigenvalue weighted by Gasteiger charge is -2.55. The number of likely N-dealkylation sites (tertiary alicyclic amines) is 1. The lowest BCUT2D eigenvalue weighted by Crippen LogP contribution is -2.59. The number of carboxylic acid groups (broad SMARTS) is 1. The van der Waals surface area contributed by atoms with Gasteiger partial charge in [0.05, 0.1) is 31.5 Å². The number of hydrogen-bond acceptors (Lipinski definition) is 8. The summed E-state index contributed by atoms with van der Waals surface area (Å²) in [6.45, 7) is 0.186. The van der Waals surface area contributed by atoms with Gasteiger partial charge in [0, 0.05) is 48.1 Å². The number of phenols is 1. The third-order valence-electron chi connectivity index (χ3n) is 11.6. The fourth-order valence-electron chi connectivity index (χ4n) is 9.41. The van der Waals surface area contributed by atoms with Crippen molar-refractivity contribution >= 4 is 34.9 Å². The van der Waals surface area contributed by atoms with E-state index in [0.29, 0.717) is 41.5 Å². The van der Waals surface area contributed by atoms with Crippen LogP contribution in [0.3, 0.4) is 0 Å². The number of hydrogen-bond donors (Lipinski definition) is 2. The minimum atomic E-state index is -1.49. The van der Waals surface area contributed by atoms with Crippen LogP contribution in [0.1, 0.15) is 61.1 Å². The van der Waals surface area contributed by atoms with Gasteiger partial charge in [-0.2, -0.15) is 0 Å². The molecule has 0 bridgehead atoms. The van der Waals surface area contributed by atoms with E-state index in [0.717, 1.165) is 5.57 Å². The molecule has 10 nitrogen and oxygen atoms in total. The zero-order valence-electron chi connectivity index (χ0n) is 29.1. The molecule has 1 saturated heterocycles. The summed E-state index contributed by atoms with van der Waals surface area (Å²) >= 11 is 0. The molecule has 1 aliphatic heterocycles. The third-order valence-corrected chi connectivity index (χ3v) is 11.6. The molecule has 4 aliphatic rings. The second-order valence-corrected chi connectivity index (χ2v) is 14.1. The Morgan fingerprint density at radius 2 is 1.52 bits per heavy atom. The Kier molecular flexibility index (Phi) is 9.33. The average Bonchev–Trinajstić information content (AvgIpc) is 3.40. The van der Waals surface area contributed by atoms with Gasteiger partial charge in [-0.15, -0.1) is 0 Å². The first-order valence-corrected chi connectivity index (χ1v) is 17.8. The van der Waals surface area contributed by atoms with Crippen molar-refractivity contribution in [2.75, 3.05) is 20.8 Å². The molecular formula is C42H41NO9. The highest BCUT2D eigenvalue weighted by atomic mass is 16.5. The van der Waals surface area contributed by atoms with Crippen molar-refractivity contribution < 1.29 is 43.7 Å². The molecule has 3 aromatic rings. The van der Waals surface area contributed by atoms with Crippen LogP contribution in [0.5, 0.6) is 17.2 Å². The molecule has 3 aromatic carbocycles. The van der Waals surface area contributed by atoms with Gasteiger partial charge in [0.15, 0.2) is 11.6 Å². The number of aromatic hydroxyl groups is 1. The maximum atomic E-state index is 15.3. The highest BCUT2D eigenvalue weighted by Gasteiger charge is 2.66. The largest absolute Gasteiger partial charge is 0.508 e. The van der Waals surface area contributed by atoms with Crippen LogP contribution in [0.2, 0.25) is 0 Å². The normalized spacial score (nSPS) is 26.6. The second kappa shape index (κ2) is 13.9. The highest BCUT2D eigenvalue weighted by Crippen LogP contribution is 2.65. The monoisotopic (exact) mass is 703 g/mol. The number of nitrogens with zero attached hydrogens (tertiary/aromatic N) is 1. The van der Waals surface area contributed by atoms with Crippen LogP contribution in [0.15, 0.2) is 90.5 Å². The van der Waals surface area contributed by atoms with Crippen LogP contribution in [0.4, 0.5) is 0 Å². The lowest BCUT2D eigenvalue weighted by molar-refractivity contribution is -0.141. The topological polar surface area (TPSA) is 148 Å². The molecule has 0 aromatic heterocycles. The van der Waals surface area contributed by atoms with E-state index in [4.69, 9.17) is 14.6 Å². The minimum Gasteiger partial charge on any atom is -0.508 e. The van der Waals surface area contributed by atoms with Gasteiger partial charge in [-0.05, 0) is 48.8 Å². The van der Waals surface area contributed by atoms with E-state index in [2.05, 4.69) is 0 Å². The smallest absolute Gasteiger partial charge is 0.303 e. The number of Topliss-reactive ketones (excluding diaryl/α,β-unsaturated/α-hetero) is 1. The zero-order valence-corrected chi connectivity index (χ0v) is 29.1. The molecule has 1 heterocycles. The van der Waals surface area contributed by atoms with Crippen molar-refractivity contribution in [1.82, 2.24) is 4.90 Å². The molecule has 1 saturated carbocycles. The van der Waals surface area contributed by atoms with Crippen LogP contribution in [0.25, 0.3) is 5.57 Å². The fraction of sp³-hybridized carbons (Fsp3) is 0.357. The summed E-state index contributed by atoms with van der Waals surface area (Å²) in [7, 11) is 2.93. The average molecular weight is 704 g/mol. The molecule has 7 rings (SSSR count). The first kappa shape index (κ1) is 34.9. The molecule has 2 amide bonds. The van der Waals surface area contributed by atoms with Gasteiger partial charge in [-0.3, -0.25) is 28.9 Å². The summed E-state index contributed by atoms with van der Waals surface area (Å²) in [6, 6.07) is 21.2. The summed E-state index contributed by atoms with van der Waals surface area (Å²) in [5, 5.41) is 19.7. The number of fused-ring (bicyclic) bond motifs is 4. The predicted molar refractivity (Wildman–Crippen MR) is 191 cm³/mol. The Morgan fingerprint density at radius 3 is 2.15 bits per heavy atom. The van der Waals surface area contributed by atoms with Crippen LogP contribution in [-0.2, 0) is 29.4 Å².